The summed E-state index contributed by atoms with van der Waals surface area (Å²) in [7, 11) is 0.300. The second kappa shape index (κ2) is 5.62. The SMILES string of the molecule is CO/C(=C1/C=CC=N1)C(F)(F)C(F)(F)C(F)(F)C(F)(F)C(F)(F)F. The van der Waals surface area contributed by atoms with Gasteiger partial charge in [0.25, 0.3) is 0 Å². The zero-order chi connectivity index (χ0) is 19.2. The van der Waals surface area contributed by atoms with E-state index in [0.717, 1.165) is 12.3 Å². The Labute approximate surface area is 126 Å². The summed E-state index contributed by atoms with van der Waals surface area (Å²) >= 11 is 0. The number of aliphatic imine (C=N–C) groups is 1. The van der Waals surface area contributed by atoms with Gasteiger partial charge in [-0.1, -0.05) is 0 Å². The molecule has 1 aliphatic heterocycles. The minimum absolute atomic E-state index is 0.300. The van der Waals surface area contributed by atoms with Gasteiger partial charge in [-0.3, -0.25) is 4.99 Å². The number of alkyl halides is 11. The Balaban J connectivity index is 3.53. The average molecular weight is 377 g/mol. The Bertz CT molecular complexity index is 571. The van der Waals surface area contributed by atoms with Crippen LogP contribution in [0.4, 0.5) is 48.3 Å². The van der Waals surface area contributed by atoms with E-state index in [9.17, 15) is 48.3 Å². The molecule has 1 aliphatic rings. The molecule has 0 aromatic carbocycles. The molecule has 1 heterocycles. The van der Waals surface area contributed by atoms with Gasteiger partial charge in [-0.2, -0.15) is 48.3 Å². The van der Waals surface area contributed by atoms with Gasteiger partial charge in [0.2, 0.25) is 0 Å². The minimum atomic E-state index is -7.49. The van der Waals surface area contributed by atoms with E-state index < -0.39 is 41.3 Å². The standard InChI is InChI=1S/C11H6F11NO/c1-24-6(5-3-2-4-23-5)7(12,13)8(14,15)9(16,17)10(18,19)11(20,21)22/h2-4H,1H3/b6-5-. The van der Waals surface area contributed by atoms with Crippen LogP contribution in [0.15, 0.2) is 28.6 Å². The van der Waals surface area contributed by atoms with Gasteiger partial charge in [0.05, 0.1) is 7.11 Å². The third-order valence-electron chi connectivity index (χ3n) is 2.81. The Morgan fingerprint density at radius 2 is 1.33 bits per heavy atom. The van der Waals surface area contributed by atoms with Crippen LogP contribution in [0.5, 0.6) is 0 Å². The predicted octanol–water partition coefficient (Wildman–Crippen LogP) is 4.59. The molecule has 0 saturated heterocycles. The molecular formula is C11H6F11NO. The van der Waals surface area contributed by atoms with E-state index in [0.29, 0.717) is 13.2 Å². The number of hydrogen-bond donors (Lipinski definition) is 0. The zero-order valence-electron chi connectivity index (χ0n) is 11.2. The van der Waals surface area contributed by atoms with Crippen molar-refractivity contribution in [3.8, 4) is 0 Å². The van der Waals surface area contributed by atoms with Crippen molar-refractivity contribution in [3.05, 3.63) is 23.6 Å². The highest BCUT2D eigenvalue weighted by Crippen LogP contribution is 2.59. The monoisotopic (exact) mass is 377 g/mol. The van der Waals surface area contributed by atoms with Gasteiger partial charge in [0.15, 0.2) is 5.76 Å². The maximum atomic E-state index is 13.7. The van der Waals surface area contributed by atoms with E-state index in [1.165, 1.54) is 0 Å². The molecule has 0 aromatic rings. The number of rotatable bonds is 5. The molecule has 0 fully saturated rings. The third kappa shape index (κ3) is 2.62. The summed E-state index contributed by atoms with van der Waals surface area (Å²) in [6.45, 7) is 0. The van der Waals surface area contributed by atoms with E-state index in [4.69, 9.17) is 0 Å². The fourth-order valence-electron chi connectivity index (χ4n) is 1.54. The molecule has 0 saturated carbocycles. The lowest BCUT2D eigenvalue weighted by Crippen LogP contribution is -2.66. The van der Waals surface area contributed by atoms with Crippen LogP contribution >= 0.6 is 0 Å². The summed E-state index contributed by atoms with van der Waals surface area (Å²) in [5.41, 5.74) is -1.15. The second-order valence-corrected chi connectivity index (χ2v) is 4.35. The van der Waals surface area contributed by atoms with Crippen LogP contribution in [0.25, 0.3) is 0 Å². The molecule has 13 heteroatoms. The van der Waals surface area contributed by atoms with Crippen molar-refractivity contribution in [2.24, 2.45) is 4.99 Å². The minimum Gasteiger partial charge on any atom is -0.493 e. The summed E-state index contributed by atoms with van der Waals surface area (Å²) < 4.78 is 146. The summed E-state index contributed by atoms with van der Waals surface area (Å²) in [6, 6.07) is 0. The summed E-state index contributed by atoms with van der Waals surface area (Å²) in [5, 5.41) is 0. The number of allylic oxidation sites excluding steroid dienone is 3. The lowest BCUT2D eigenvalue weighted by atomic mass is 9.96. The van der Waals surface area contributed by atoms with Gasteiger partial charge in [-0.05, 0) is 12.2 Å². The van der Waals surface area contributed by atoms with Crippen LogP contribution < -0.4 is 0 Å². The van der Waals surface area contributed by atoms with Crippen molar-refractivity contribution >= 4 is 6.21 Å². The average Bonchev–Trinajstić information content (AvgIpc) is 2.90. The zero-order valence-corrected chi connectivity index (χ0v) is 11.2. The lowest BCUT2D eigenvalue weighted by molar-refractivity contribution is -0.420. The molecule has 0 spiro atoms. The Hall–Kier alpha value is -1.82. The lowest BCUT2D eigenvalue weighted by Gasteiger charge is -2.37. The largest absolute Gasteiger partial charge is 0.493 e. The maximum Gasteiger partial charge on any atom is 0.460 e. The fourth-order valence-corrected chi connectivity index (χ4v) is 1.54. The van der Waals surface area contributed by atoms with Gasteiger partial charge < -0.3 is 4.74 Å². The molecule has 24 heavy (non-hydrogen) atoms. The van der Waals surface area contributed by atoms with Crippen LogP contribution in [0.3, 0.4) is 0 Å². The highest BCUT2D eigenvalue weighted by molar-refractivity contribution is 5.77. The van der Waals surface area contributed by atoms with Gasteiger partial charge in [-0.25, -0.2) is 0 Å². The maximum absolute atomic E-state index is 13.7. The van der Waals surface area contributed by atoms with Crippen LogP contribution in [0.2, 0.25) is 0 Å². The van der Waals surface area contributed by atoms with E-state index in [1.54, 1.807) is 0 Å². The molecule has 0 N–H and O–H groups in total. The van der Waals surface area contributed by atoms with Crippen molar-refractivity contribution < 1.29 is 53.0 Å². The first-order chi connectivity index (χ1) is 10.6. The quantitative estimate of drug-likeness (QED) is 0.508. The summed E-state index contributed by atoms with van der Waals surface area (Å²) in [4.78, 5) is 3.03. The molecule has 0 bridgehead atoms. The Kier molecular flexibility index (Phi) is 4.73. The van der Waals surface area contributed by atoms with Gasteiger partial charge in [0, 0.05) is 6.21 Å². The molecule has 0 atom stereocenters. The van der Waals surface area contributed by atoms with E-state index in [2.05, 4.69) is 9.73 Å². The molecule has 1 rings (SSSR count). The van der Waals surface area contributed by atoms with Gasteiger partial charge in [0.1, 0.15) is 5.70 Å². The number of nitrogens with zero attached hydrogens (tertiary/aromatic N) is 1. The first-order valence-corrected chi connectivity index (χ1v) is 5.63. The highest BCUT2D eigenvalue weighted by atomic mass is 19.4. The van der Waals surface area contributed by atoms with Gasteiger partial charge >= 0.3 is 29.9 Å². The van der Waals surface area contributed by atoms with Crippen LogP contribution in [-0.2, 0) is 4.74 Å². The van der Waals surface area contributed by atoms with Gasteiger partial charge in [-0.15, -0.1) is 0 Å². The van der Waals surface area contributed by atoms with E-state index >= 15 is 0 Å². The van der Waals surface area contributed by atoms with Crippen molar-refractivity contribution in [2.75, 3.05) is 7.11 Å². The van der Waals surface area contributed by atoms with E-state index in [1.807, 2.05) is 0 Å². The molecule has 0 aliphatic carbocycles. The Morgan fingerprint density at radius 3 is 1.67 bits per heavy atom. The molecule has 0 unspecified atom stereocenters. The van der Waals surface area contributed by atoms with Crippen molar-refractivity contribution in [1.82, 2.24) is 0 Å². The molecule has 0 radical (unpaired) electrons. The van der Waals surface area contributed by atoms with Crippen LogP contribution in [0, 0.1) is 0 Å². The third-order valence-corrected chi connectivity index (χ3v) is 2.81. The molecule has 0 amide bonds. The topological polar surface area (TPSA) is 21.6 Å². The van der Waals surface area contributed by atoms with Crippen molar-refractivity contribution in [1.29, 1.82) is 0 Å². The number of ether oxygens (including phenoxy) is 1. The molecule has 0 aromatic heterocycles. The smallest absolute Gasteiger partial charge is 0.460 e. The summed E-state index contributed by atoms with van der Waals surface area (Å²) in [6.07, 6.45) is -5.01. The van der Waals surface area contributed by atoms with Crippen LogP contribution in [-0.4, -0.2) is 43.2 Å². The first-order valence-electron chi connectivity index (χ1n) is 5.63. The Morgan fingerprint density at radius 1 is 0.833 bits per heavy atom. The fraction of sp³-hybridized carbons (Fsp3) is 0.545. The van der Waals surface area contributed by atoms with Crippen molar-refractivity contribution in [3.63, 3.8) is 0 Å². The predicted molar refractivity (Wildman–Crippen MR) is 57.5 cm³/mol. The number of halogens is 11. The van der Waals surface area contributed by atoms with Crippen LogP contribution in [0.1, 0.15) is 0 Å². The summed E-state index contributed by atoms with van der Waals surface area (Å²) in [5.74, 6) is -30.6. The molecular weight excluding hydrogens is 371 g/mol. The normalized spacial score (nSPS) is 19.0. The van der Waals surface area contributed by atoms with E-state index in [-0.39, 0.29) is 0 Å². The highest BCUT2D eigenvalue weighted by Gasteiger charge is 2.88. The first kappa shape index (κ1) is 20.2. The number of hydrogen-bond acceptors (Lipinski definition) is 2. The number of methoxy groups -OCH3 is 1. The molecule has 138 valence electrons. The van der Waals surface area contributed by atoms with Crippen molar-refractivity contribution in [2.45, 2.75) is 29.9 Å². The second-order valence-electron chi connectivity index (χ2n) is 4.35. The molecule has 2 nitrogen and oxygen atoms in total.